The van der Waals surface area contributed by atoms with Crippen LogP contribution in [-0.4, -0.2) is 50.3 Å². The van der Waals surface area contributed by atoms with E-state index < -0.39 is 5.97 Å². The molecule has 7 heteroatoms. The number of benzene rings is 1. The van der Waals surface area contributed by atoms with Crippen molar-refractivity contribution in [3.05, 3.63) is 23.8 Å². The van der Waals surface area contributed by atoms with Gasteiger partial charge in [0.25, 0.3) is 0 Å². The van der Waals surface area contributed by atoms with E-state index in [0.717, 1.165) is 0 Å². The van der Waals surface area contributed by atoms with Crippen molar-refractivity contribution in [2.24, 2.45) is 0 Å². The molecule has 20 heavy (non-hydrogen) atoms. The van der Waals surface area contributed by atoms with Gasteiger partial charge in [-0.25, -0.2) is 9.59 Å². The van der Waals surface area contributed by atoms with Crippen molar-refractivity contribution in [2.75, 3.05) is 39.1 Å². The molecule has 1 saturated heterocycles. The lowest BCUT2D eigenvalue weighted by Gasteiger charge is -2.14. The number of nitrogens with one attached hydrogen (secondary N) is 1. The number of nitrogen functional groups attached to an aromatic ring is 1. The first-order valence-electron chi connectivity index (χ1n) is 6.25. The summed E-state index contributed by atoms with van der Waals surface area (Å²) in [5.41, 5.74) is 6.44. The van der Waals surface area contributed by atoms with Crippen molar-refractivity contribution >= 4 is 17.7 Å². The number of esters is 1. The van der Waals surface area contributed by atoms with Gasteiger partial charge in [-0.3, -0.25) is 0 Å². The molecular weight excluding hydrogens is 262 g/mol. The van der Waals surface area contributed by atoms with E-state index in [1.54, 1.807) is 23.1 Å². The highest BCUT2D eigenvalue weighted by Crippen LogP contribution is 2.22. The molecule has 0 saturated carbocycles. The molecule has 1 heterocycles. The second kappa shape index (κ2) is 6.14. The summed E-state index contributed by atoms with van der Waals surface area (Å²) in [6.07, 6.45) is 0. The summed E-state index contributed by atoms with van der Waals surface area (Å²) in [6.45, 7) is 1.76. The van der Waals surface area contributed by atoms with Crippen LogP contribution in [0.15, 0.2) is 18.2 Å². The second-order valence-electron chi connectivity index (χ2n) is 4.31. The highest BCUT2D eigenvalue weighted by atomic mass is 16.5. The van der Waals surface area contributed by atoms with E-state index in [2.05, 4.69) is 5.32 Å². The van der Waals surface area contributed by atoms with Crippen molar-refractivity contribution in [3.8, 4) is 5.75 Å². The van der Waals surface area contributed by atoms with Crippen LogP contribution in [0.3, 0.4) is 0 Å². The van der Waals surface area contributed by atoms with E-state index >= 15 is 0 Å². The zero-order valence-corrected chi connectivity index (χ0v) is 11.2. The van der Waals surface area contributed by atoms with Gasteiger partial charge < -0.3 is 25.4 Å². The number of carbonyl (C=O) groups excluding carboxylic acids is 2. The Balaban J connectivity index is 1.90. The maximum absolute atomic E-state index is 11.9. The molecule has 3 N–H and O–H groups in total. The van der Waals surface area contributed by atoms with Crippen LogP contribution >= 0.6 is 0 Å². The third-order valence-electron chi connectivity index (χ3n) is 2.99. The molecule has 0 radical (unpaired) electrons. The standard InChI is InChI=1S/C13H17N3O4/c1-19-11-8-9(14)2-3-10(11)12(17)20-7-6-16-5-4-15-13(16)18/h2-3,8H,4-7,14H2,1H3,(H,15,18). The quantitative estimate of drug-likeness (QED) is 0.603. The van der Waals surface area contributed by atoms with Gasteiger partial charge in [0.05, 0.1) is 13.7 Å². The Hall–Kier alpha value is -2.44. The van der Waals surface area contributed by atoms with Gasteiger partial charge in [0.1, 0.15) is 17.9 Å². The summed E-state index contributed by atoms with van der Waals surface area (Å²) in [7, 11) is 1.46. The minimum absolute atomic E-state index is 0.133. The minimum Gasteiger partial charge on any atom is -0.496 e. The third kappa shape index (κ3) is 3.11. The molecule has 1 aliphatic heterocycles. The Labute approximate surface area is 116 Å². The maximum atomic E-state index is 11.9. The Kier molecular flexibility index (Phi) is 4.29. The Bertz CT molecular complexity index is 518. The number of carbonyl (C=O) groups is 2. The highest BCUT2D eigenvalue weighted by Gasteiger charge is 2.20. The van der Waals surface area contributed by atoms with Crippen molar-refractivity contribution in [3.63, 3.8) is 0 Å². The first-order valence-corrected chi connectivity index (χ1v) is 6.25. The zero-order chi connectivity index (χ0) is 14.5. The molecule has 0 unspecified atom stereocenters. The lowest BCUT2D eigenvalue weighted by Crippen LogP contribution is -2.31. The number of rotatable bonds is 5. The number of ether oxygens (including phenoxy) is 2. The number of nitrogens with two attached hydrogens (primary N) is 1. The summed E-state index contributed by atoms with van der Waals surface area (Å²) < 4.78 is 10.2. The van der Waals surface area contributed by atoms with Crippen LogP contribution in [-0.2, 0) is 4.74 Å². The van der Waals surface area contributed by atoms with Crippen LogP contribution < -0.4 is 15.8 Å². The molecule has 2 rings (SSSR count). The highest BCUT2D eigenvalue weighted by molar-refractivity contribution is 5.93. The molecule has 0 atom stereocenters. The Morgan fingerprint density at radius 3 is 2.95 bits per heavy atom. The third-order valence-corrected chi connectivity index (χ3v) is 2.99. The number of hydrogen-bond acceptors (Lipinski definition) is 5. The monoisotopic (exact) mass is 279 g/mol. The second-order valence-corrected chi connectivity index (χ2v) is 4.31. The molecule has 0 aromatic heterocycles. The van der Waals surface area contributed by atoms with Gasteiger partial charge in [-0.1, -0.05) is 0 Å². The fourth-order valence-corrected chi connectivity index (χ4v) is 1.93. The molecule has 7 nitrogen and oxygen atoms in total. The van der Waals surface area contributed by atoms with Crippen molar-refractivity contribution in [2.45, 2.75) is 0 Å². The fourth-order valence-electron chi connectivity index (χ4n) is 1.93. The number of hydrogen-bond donors (Lipinski definition) is 2. The molecule has 1 aliphatic rings. The van der Waals surface area contributed by atoms with Gasteiger partial charge in [-0.05, 0) is 12.1 Å². The normalized spacial score (nSPS) is 14.1. The van der Waals surface area contributed by atoms with Crippen molar-refractivity contribution in [1.29, 1.82) is 0 Å². The van der Waals surface area contributed by atoms with Crippen LogP contribution in [0.5, 0.6) is 5.75 Å². The number of nitrogens with zero attached hydrogens (tertiary/aromatic N) is 1. The van der Waals surface area contributed by atoms with E-state index in [-0.39, 0.29) is 12.6 Å². The topological polar surface area (TPSA) is 93.9 Å². The van der Waals surface area contributed by atoms with E-state index in [1.807, 2.05) is 0 Å². The fraction of sp³-hybridized carbons (Fsp3) is 0.385. The van der Waals surface area contributed by atoms with Crippen molar-refractivity contribution in [1.82, 2.24) is 10.2 Å². The zero-order valence-electron chi connectivity index (χ0n) is 11.2. The summed E-state index contributed by atoms with van der Waals surface area (Å²) in [6, 6.07) is 4.59. The number of amides is 2. The first kappa shape index (κ1) is 14.0. The summed E-state index contributed by atoms with van der Waals surface area (Å²) in [4.78, 5) is 24.8. The molecule has 1 aromatic carbocycles. The van der Waals surface area contributed by atoms with E-state index in [0.29, 0.717) is 36.6 Å². The van der Waals surface area contributed by atoms with Gasteiger partial charge in [0.2, 0.25) is 0 Å². The number of methoxy groups -OCH3 is 1. The smallest absolute Gasteiger partial charge is 0.341 e. The largest absolute Gasteiger partial charge is 0.496 e. The molecule has 0 spiro atoms. The van der Waals surface area contributed by atoms with E-state index in [9.17, 15) is 9.59 Å². The van der Waals surface area contributed by atoms with Crippen LogP contribution in [0.4, 0.5) is 10.5 Å². The predicted octanol–water partition coefficient (Wildman–Crippen LogP) is 0.459. The van der Waals surface area contributed by atoms with Crippen molar-refractivity contribution < 1.29 is 19.1 Å². The van der Waals surface area contributed by atoms with E-state index in [1.165, 1.54) is 7.11 Å². The van der Waals surface area contributed by atoms with Gasteiger partial charge in [-0.2, -0.15) is 0 Å². The molecule has 1 fully saturated rings. The molecule has 1 aromatic rings. The Morgan fingerprint density at radius 1 is 1.50 bits per heavy atom. The van der Waals surface area contributed by atoms with Gasteiger partial charge in [0, 0.05) is 24.8 Å². The molecule has 108 valence electrons. The van der Waals surface area contributed by atoms with Gasteiger partial charge in [0.15, 0.2) is 0 Å². The van der Waals surface area contributed by atoms with Crippen LogP contribution in [0, 0.1) is 0 Å². The summed E-state index contributed by atoms with van der Waals surface area (Å²) in [5.74, 6) is -0.129. The maximum Gasteiger partial charge on any atom is 0.341 e. The minimum atomic E-state index is -0.499. The predicted molar refractivity (Wildman–Crippen MR) is 72.7 cm³/mol. The lowest BCUT2D eigenvalue weighted by molar-refractivity contribution is 0.0478. The average Bonchev–Trinajstić information content (AvgIpc) is 2.84. The Morgan fingerprint density at radius 2 is 2.30 bits per heavy atom. The summed E-state index contributed by atoms with van der Waals surface area (Å²) in [5, 5.41) is 2.68. The van der Waals surface area contributed by atoms with Crippen LogP contribution in [0.2, 0.25) is 0 Å². The van der Waals surface area contributed by atoms with Crippen LogP contribution in [0.1, 0.15) is 10.4 Å². The molecule has 2 amide bonds. The molecular formula is C13H17N3O4. The van der Waals surface area contributed by atoms with Gasteiger partial charge in [-0.15, -0.1) is 0 Å². The number of anilines is 1. The first-order chi connectivity index (χ1) is 9.61. The van der Waals surface area contributed by atoms with Crippen LogP contribution in [0.25, 0.3) is 0 Å². The molecule has 0 bridgehead atoms. The lowest BCUT2D eigenvalue weighted by atomic mass is 10.2. The molecule has 0 aliphatic carbocycles. The van der Waals surface area contributed by atoms with E-state index in [4.69, 9.17) is 15.2 Å². The van der Waals surface area contributed by atoms with Gasteiger partial charge >= 0.3 is 12.0 Å². The summed E-state index contributed by atoms with van der Waals surface area (Å²) >= 11 is 0. The SMILES string of the molecule is COc1cc(N)ccc1C(=O)OCCN1CCNC1=O. The number of urea groups is 1. The average molecular weight is 279 g/mol.